The van der Waals surface area contributed by atoms with Crippen molar-refractivity contribution >= 4 is 28.2 Å². The lowest BCUT2D eigenvalue weighted by atomic mass is 9.95. The van der Waals surface area contributed by atoms with Gasteiger partial charge in [0.05, 0.1) is 23.3 Å². The maximum atomic E-state index is 14.2. The van der Waals surface area contributed by atoms with Crippen molar-refractivity contribution in [3.63, 3.8) is 0 Å². The summed E-state index contributed by atoms with van der Waals surface area (Å²) >= 11 is 0. The number of pyridine rings is 1. The van der Waals surface area contributed by atoms with Gasteiger partial charge in [-0.1, -0.05) is 87.8 Å². The second-order valence-corrected chi connectivity index (χ2v) is 14.9. The highest BCUT2D eigenvalue weighted by molar-refractivity contribution is 7.89. The molecule has 0 spiro atoms. The van der Waals surface area contributed by atoms with E-state index in [9.17, 15) is 23.1 Å². The van der Waals surface area contributed by atoms with E-state index in [0.29, 0.717) is 31.6 Å². The van der Waals surface area contributed by atoms with E-state index in [2.05, 4.69) is 15.5 Å². The van der Waals surface area contributed by atoms with E-state index in [1.807, 2.05) is 70.2 Å². The average Bonchev–Trinajstić information content (AvgIpc) is 3.43. The zero-order valence-corrected chi connectivity index (χ0v) is 29.4. The number of urea groups is 1. The van der Waals surface area contributed by atoms with Crippen LogP contribution in [-0.4, -0.2) is 100 Å². The maximum absolute atomic E-state index is 14.2. The van der Waals surface area contributed by atoms with Gasteiger partial charge in [-0.05, 0) is 53.1 Å². The molecule has 1 aliphatic rings. The van der Waals surface area contributed by atoms with Crippen molar-refractivity contribution in [2.75, 3.05) is 26.2 Å². The normalized spacial score (nSPS) is 16.3. The lowest BCUT2D eigenvalue weighted by Crippen LogP contribution is -2.57. The summed E-state index contributed by atoms with van der Waals surface area (Å²) in [5.74, 6) is -0.644. The number of carbonyl (C=O) groups excluding carboxylic acids is 2. The first-order chi connectivity index (χ1) is 23.4. The second kappa shape index (κ2) is 17.4. The molecule has 1 saturated heterocycles. The SMILES string of the molecule is CCC(C)C(C(=O)N[C@@H](Cc1ccccc1)[C@H](O)CN(CC(C)C)S(=O)(=O)c1ccc(C=NO)cc1)N1CCN(Cc2cccnc2)C1=O. The summed E-state index contributed by atoms with van der Waals surface area (Å²) in [5, 5.41) is 26.6. The molecule has 2 aromatic carbocycles. The molecule has 2 heterocycles. The fraction of sp³-hybridized carbons (Fsp3) is 0.444. The molecule has 3 N–H and O–H groups in total. The van der Waals surface area contributed by atoms with Crippen molar-refractivity contribution in [3.05, 3.63) is 95.8 Å². The first kappa shape index (κ1) is 37.5. The summed E-state index contributed by atoms with van der Waals surface area (Å²) in [7, 11) is -4.05. The summed E-state index contributed by atoms with van der Waals surface area (Å²) in [5.41, 5.74) is 2.27. The minimum atomic E-state index is -4.05. The van der Waals surface area contributed by atoms with Crippen LogP contribution in [0.1, 0.15) is 50.8 Å². The van der Waals surface area contributed by atoms with Crippen LogP contribution in [0.25, 0.3) is 0 Å². The second-order valence-electron chi connectivity index (χ2n) is 13.0. The smallest absolute Gasteiger partial charge is 0.321 e. The molecule has 1 aromatic heterocycles. The molecule has 1 aliphatic heterocycles. The Morgan fingerprint density at radius 2 is 1.71 bits per heavy atom. The van der Waals surface area contributed by atoms with Gasteiger partial charge in [0, 0.05) is 45.1 Å². The predicted octanol–water partition coefficient (Wildman–Crippen LogP) is 3.98. The molecule has 264 valence electrons. The van der Waals surface area contributed by atoms with Gasteiger partial charge in [-0.25, -0.2) is 13.2 Å². The third-order valence-electron chi connectivity index (χ3n) is 8.79. The molecule has 13 heteroatoms. The maximum Gasteiger partial charge on any atom is 0.321 e. The summed E-state index contributed by atoms with van der Waals surface area (Å²) in [6, 6.07) is 17.1. The molecule has 4 rings (SSSR count). The van der Waals surface area contributed by atoms with Crippen LogP contribution >= 0.6 is 0 Å². The third kappa shape index (κ3) is 9.87. The highest BCUT2D eigenvalue weighted by Crippen LogP contribution is 2.24. The van der Waals surface area contributed by atoms with Crippen molar-refractivity contribution in [2.45, 2.75) is 70.2 Å². The fourth-order valence-electron chi connectivity index (χ4n) is 6.02. The topological polar surface area (TPSA) is 156 Å². The summed E-state index contributed by atoms with van der Waals surface area (Å²) in [6.45, 7) is 8.75. The number of nitrogens with zero attached hydrogens (tertiary/aromatic N) is 5. The van der Waals surface area contributed by atoms with E-state index in [1.165, 1.54) is 34.8 Å². The zero-order valence-electron chi connectivity index (χ0n) is 28.6. The van der Waals surface area contributed by atoms with Gasteiger partial charge < -0.3 is 25.4 Å². The van der Waals surface area contributed by atoms with Crippen LogP contribution in [0.4, 0.5) is 4.79 Å². The summed E-state index contributed by atoms with van der Waals surface area (Å²) in [6.07, 6.45) is 4.19. The van der Waals surface area contributed by atoms with Crippen LogP contribution in [0, 0.1) is 11.8 Å². The first-order valence-electron chi connectivity index (χ1n) is 16.7. The van der Waals surface area contributed by atoms with Crippen molar-refractivity contribution in [1.29, 1.82) is 0 Å². The van der Waals surface area contributed by atoms with Gasteiger partial charge in [-0.2, -0.15) is 4.31 Å². The lowest BCUT2D eigenvalue weighted by molar-refractivity contribution is -0.128. The standard InChI is InChI=1S/C36H48N6O6S/c1-5-27(4)34(42-19-18-40(36(42)45)24-30-12-9-17-37-21-30)35(44)39-32(20-28-10-7-6-8-11-28)33(43)25-41(23-26(2)3)49(47,48)31-15-13-29(14-16-31)22-38-46/h6-17,21-22,26-27,32-34,43,46H,5,18-20,23-25H2,1-4H3,(H,39,44)/t27?,32-,33+,34?/m0/s1. The van der Waals surface area contributed by atoms with Crippen LogP contribution in [0.3, 0.4) is 0 Å². The molecular weight excluding hydrogens is 644 g/mol. The Bertz CT molecular complexity index is 1640. The van der Waals surface area contributed by atoms with Gasteiger partial charge in [0.1, 0.15) is 6.04 Å². The van der Waals surface area contributed by atoms with Gasteiger partial charge >= 0.3 is 6.03 Å². The number of carbonyl (C=O) groups is 2. The quantitative estimate of drug-likeness (QED) is 0.110. The average molecular weight is 693 g/mol. The predicted molar refractivity (Wildman–Crippen MR) is 187 cm³/mol. The molecule has 3 amide bonds. The molecule has 0 saturated carbocycles. The fourth-order valence-corrected chi connectivity index (χ4v) is 7.65. The van der Waals surface area contributed by atoms with Crippen LogP contribution in [0.2, 0.25) is 0 Å². The van der Waals surface area contributed by atoms with Crippen molar-refractivity contribution in [2.24, 2.45) is 17.0 Å². The number of benzene rings is 2. The molecule has 1 fully saturated rings. The van der Waals surface area contributed by atoms with Crippen LogP contribution < -0.4 is 5.32 Å². The number of aliphatic hydroxyl groups is 1. The Morgan fingerprint density at radius 3 is 2.33 bits per heavy atom. The molecule has 0 bridgehead atoms. The summed E-state index contributed by atoms with van der Waals surface area (Å²) in [4.78, 5) is 35.3. The molecule has 2 unspecified atom stereocenters. The molecule has 0 aliphatic carbocycles. The molecular formula is C36H48N6O6S. The number of aliphatic hydroxyl groups excluding tert-OH is 1. The van der Waals surface area contributed by atoms with Crippen LogP contribution in [-0.2, 0) is 27.8 Å². The number of sulfonamides is 1. The molecule has 12 nitrogen and oxygen atoms in total. The van der Waals surface area contributed by atoms with Gasteiger partial charge in [-0.3, -0.25) is 9.78 Å². The minimum Gasteiger partial charge on any atom is -0.411 e. The van der Waals surface area contributed by atoms with E-state index in [4.69, 9.17) is 5.21 Å². The molecule has 3 aromatic rings. The molecule has 4 atom stereocenters. The monoisotopic (exact) mass is 692 g/mol. The van der Waals surface area contributed by atoms with E-state index >= 15 is 0 Å². The number of aromatic nitrogens is 1. The summed E-state index contributed by atoms with van der Waals surface area (Å²) < 4.78 is 29.0. The van der Waals surface area contributed by atoms with Gasteiger partial charge in [0.25, 0.3) is 0 Å². The van der Waals surface area contributed by atoms with Crippen LogP contribution in [0.5, 0.6) is 0 Å². The van der Waals surface area contributed by atoms with E-state index < -0.39 is 34.1 Å². The zero-order chi connectivity index (χ0) is 35.6. The van der Waals surface area contributed by atoms with Crippen molar-refractivity contribution < 1.29 is 28.3 Å². The number of amides is 3. The Kier molecular flexibility index (Phi) is 13.3. The molecule has 0 radical (unpaired) electrons. The van der Waals surface area contributed by atoms with Gasteiger partial charge in [-0.15, -0.1) is 0 Å². The highest BCUT2D eigenvalue weighted by Gasteiger charge is 2.41. The van der Waals surface area contributed by atoms with Crippen molar-refractivity contribution in [3.8, 4) is 0 Å². The Hall–Kier alpha value is -4.33. The third-order valence-corrected chi connectivity index (χ3v) is 10.6. The first-order valence-corrected chi connectivity index (χ1v) is 18.1. The van der Waals surface area contributed by atoms with E-state index in [-0.39, 0.29) is 42.3 Å². The highest BCUT2D eigenvalue weighted by atomic mass is 32.2. The van der Waals surface area contributed by atoms with Crippen LogP contribution in [0.15, 0.2) is 89.2 Å². The number of oxime groups is 1. The number of hydrogen-bond donors (Lipinski definition) is 3. The Morgan fingerprint density at radius 1 is 1.02 bits per heavy atom. The Labute approximate surface area is 289 Å². The van der Waals surface area contributed by atoms with E-state index in [0.717, 1.165) is 11.1 Å². The van der Waals surface area contributed by atoms with E-state index in [1.54, 1.807) is 22.2 Å². The minimum absolute atomic E-state index is 0.0271. The number of nitrogens with one attached hydrogen (secondary N) is 1. The van der Waals surface area contributed by atoms with Crippen molar-refractivity contribution in [1.82, 2.24) is 24.4 Å². The lowest BCUT2D eigenvalue weighted by Gasteiger charge is -2.35. The number of rotatable bonds is 17. The van der Waals surface area contributed by atoms with Gasteiger partial charge in [0.15, 0.2) is 0 Å². The number of hydrogen-bond acceptors (Lipinski definition) is 8. The largest absolute Gasteiger partial charge is 0.411 e. The Balaban J connectivity index is 1.59. The molecule has 49 heavy (non-hydrogen) atoms. The van der Waals surface area contributed by atoms with Gasteiger partial charge in [0.2, 0.25) is 15.9 Å².